The molecule has 1 aromatic rings. The largest absolute Gasteiger partial charge is 0.436 e. The maximum Gasteiger partial charge on any atom is 0.291 e. The van der Waals surface area contributed by atoms with E-state index < -0.39 is 0 Å². The van der Waals surface area contributed by atoms with Crippen molar-refractivity contribution in [2.24, 2.45) is 0 Å². The van der Waals surface area contributed by atoms with Crippen molar-refractivity contribution < 1.29 is 9.21 Å². The van der Waals surface area contributed by atoms with Gasteiger partial charge in [0.25, 0.3) is 5.91 Å². The summed E-state index contributed by atoms with van der Waals surface area (Å²) in [5, 5.41) is 3.26. The van der Waals surface area contributed by atoms with E-state index in [0.29, 0.717) is 17.3 Å². The zero-order valence-electron chi connectivity index (χ0n) is 10.2. The summed E-state index contributed by atoms with van der Waals surface area (Å²) in [4.78, 5) is 18.1. The van der Waals surface area contributed by atoms with Crippen molar-refractivity contribution >= 4 is 18.3 Å². The molecule has 0 atom stereocenters. The Balaban J connectivity index is 0.00000144. The Bertz CT molecular complexity index is 384. The van der Waals surface area contributed by atoms with Gasteiger partial charge in [-0.15, -0.1) is 12.4 Å². The van der Waals surface area contributed by atoms with Crippen molar-refractivity contribution in [3.05, 3.63) is 17.3 Å². The number of carbonyl (C=O) groups excluding carboxylic acids is 1. The Labute approximate surface area is 107 Å². The molecule has 1 amide bonds. The molecule has 0 aromatic carbocycles. The summed E-state index contributed by atoms with van der Waals surface area (Å²) in [5.41, 5.74) is 0.680. The van der Waals surface area contributed by atoms with E-state index in [2.05, 4.69) is 10.3 Å². The second-order valence-corrected chi connectivity index (χ2v) is 4.04. The zero-order valence-corrected chi connectivity index (χ0v) is 11.0. The highest BCUT2D eigenvalue weighted by Crippen LogP contribution is 2.13. The highest BCUT2D eigenvalue weighted by atomic mass is 35.5. The maximum atomic E-state index is 12.2. The highest BCUT2D eigenvalue weighted by molar-refractivity contribution is 5.92. The van der Waals surface area contributed by atoms with Crippen LogP contribution >= 0.6 is 12.4 Å². The molecule has 1 aliphatic heterocycles. The molecule has 1 saturated heterocycles. The first-order valence-electron chi connectivity index (χ1n) is 5.62. The lowest BCUT2D eigenvalue weighted by Crippen LogP contribution is -2.34. The first kappa shape index (κ1) is 14.0. The molecule has 0 aliphatic carbocycles. The summed E-state index contributed by atoms with van der Waals surface area (Å²) in [7, 11) is 0. The van der Waals surface area contributed by atoms with Crippen LogP contribution in [0.25, 0.3) is 0 Å². The number of rotatable bonds is 1. The van der Waals surface area contributed by atoms with E-state index >= 15 is 0 Å². The van der Waals surface area contributed by atoms with Gasteiger partial charge in [-0.2, -0.15) is 0 Å². The molecule has 1 N–H and O–H groups in total. The van der Waals surface area contributed by atoms with Crippen LogP contribution in [0.1, 0.15) is 28.6 Å². The number of oxazole rings is 1. The molecule has 0 saturated carbocycles. The van der Waals surface area contributed by atoms with Gasteiger partial charge in [-0.3, -0.25) is 4.79 Å². The van der Waals surface area contributed by atoms with Crippen molar-refractivity contribution in [1.29, 1.82) is 0 Å². The first-order chi connectivity index (χ1) is 7.68. The van der Waals surface area contributed by atoms with Crippen molar-refractivity contribution in [2.75, 3.05) is 26.2 Å². The van der Waals surface area contributed by atoms with Gasteiger partial charge in [-0.1, -0.05) is 0 Å². The van der Waals surface area contributed by atoms with Gasteiger partial charge in [0.05, 0.1) is 5.69 Å². The van der Waals surface area contributed by atoms with Gasteiger partial charge in [-0.25, -0.2) is 4.98 Å². The SMILES string of the molecule is Cc1nc(C)c(C(=O)N2CCCNCC2)o1.Cl. The molecule has 1 aromatic heterocycles. The van der Waals surface area contributed by atoms with E-state index in [0.717, 1.165) is 32.6 Å². The molecule has 1 fully saturated rings. The van der Waals surface area contributed by atoms with Gasteiger partial charge >= 0.3 is 0 Å². The number of halogens is 1. The van der Waals surface area contributed by atoms with E-state index in [9.17, 15) is 4.79 Å². The van der Waals surface area contributed by atoms with Gasteiger partial charge in [0, 0.05) is 26.6 Å². The number of nitrogens with one attached hydrogen (secondary N) is 1. The molecule has 2 rings (SSSR count). The summed E-state index contributed by atoms with van der Waals surface area (Å²) < 4.78 is 5.35. The van der Waals surface area contributed by atoms with Crippen LogP contribution in [-0.2, 0) is 0 Å². The van der Waals surface area contributed by atoms with Crippen molar-refractivity contribution in [3.8, 4) is 0 Å². The third kappa shape index (κ3) is 3.20. The van der Waals surface area contributed by atoms with Crippen molar-refractivity contribution in [1.82, 2.24) is 15.2 Å². The van der Waals surface area contributed by atoms with Crippen molar-refractivity contribution in [3.63, 3.8) is 0 Å². The van der Waals surface area contributed by atoms with Crippen LogP contribution < -0.4 is 5.32 Å². The number of carbonyl (C=O) groups is 1. The number of aryl methyl sites for hydroxylation is 2. The number of hydrogen-bond acceptors (Lipinski definition) is 4. The van der Waals surface area contributed by atoms with E-state index in [-0.39, 0.29) is 18.3 Å². The normalized spacial score (nSPS) is 16.2. The summed E-state index contributed by atoms with van der Waals surface area (Å²) in [6, 6.07) is 0. The topological polar surface area (TPSA) is 58.4 Å². The van der Waals surface area contributed by atoms with Gasteiger partial charge in [0.1, 0.15) is 0 Å². The van der Waals surface area contributed by atoms with Gasteiger partial charge in [-0.05, 0) is 19.9 Å². The number of nitrogens with zero attached hydrogens (tertiary/aromatic N) is 2. The van der Waals surface area contributed by atoms with Crippen LogP contribution in [-0.4, -0.2) is 42.0 Å². The lowest BCUT2D eigenvalue weighted by atomic mass is 10.3. The Morgan fingerprint density at radius 2 is 2.12 bits per heavy atom. The number of amides is 1. The molecular weight excluding hydrogens is 242 g/mol. The summed E-state index contributed by atoms with van der Waals surface area (Å²) >= 11 is 0. The van der Waals surface area contributed by atoms with Crippen molar-refractivity contribution in [2.45, 2.75) is 20.3 Å². The van der Waals surface area contributed by atoms with Crippen LogP contribution in [0.5, 0.6) is 0 Å². The number of aromatic nitrogens is 1. The second-order valence-electron chi connectivity index (χ2n) is 4.04. The highest BCUT2D eigenvalue weighted by Gasteiger charge is 2.22. The van der Waals surface area contributed by atoms with Crippen LogP contribution in [0.4, 0.5) is 0 Å². The molecule has 1 aliphatic rings. The van der Waals surface area contributed by atoms with Crippen LogP contribution in [0.2, 0.25) is 0 Å². The van der Waals surface area contributed by atoms with Gasteiger partial charge < -0.3 is 14.6 Å². The van der Waals surface area contributed by atoms with E-state index in [1.165, 1.54) is 0 Å². The van der Waals surface area contributed by atoms with E-state index in [1.807, 2.05) is 4.90 Å². The Morgan fingerprint density at radius 1 is 1.35 bits per heavy atom. The first-order valence-corrected chi connectivity index (χ1v) is 5.62. The summed E-state index contributed by atoms with van der Waals surface area (Å²) in [5.74, 6) is 0.898. The maximum absolute atomic E-state index is 12.2. The lowest BCUT2D eigenvalue weighted by molar-refractivity contribution is 0.0732. The fraction of sp³-hybridized carbons (Fsp3) is 0.636. The van der Waals surface area contributed by atoms with Crippen LogP contribution in [0.3, 0.4) is 0 Å². The fourth-order valence-corrected chi connectivity index (χ4v) is 1.92. The molecule has 6 heteroatoms. The third-order valence-electron chi connectivity index (χ3n) is 2.73. The summed E-state index contributed by atoms with van der Waals surface area (Å²) in [6.07, 6.45) is 0.984. The minimum absolute atomic E-state index is 0. The third-order valence-corrected chi connectivity index (χ3v) is 2.73. The Hall–Kier alpha value is -1.07. The van der Waals surface area contributed by atoms with Crippen LogP contribution in [0, 0.1) is 13.8 Å². The van der Waals surface area contributed by atoms with Gasteiger partial charge in [0.2, 0.25) is 5.76 Å². The molecule has 0 spiro atoms. The van der Waals surface area contributed by atoms with E-state index in [4.69, 9.17) is 4.42 Å². The minimum atomic E-state index is -0.0400. The molecule has 96 valence electrons. The molecule has 0 radical (unpaired) electrons. The van der Waals surface area contributed by atoms with Gasteiger partial charge in [0.15, 0.2) is 5.89 Å². The molecule has 5 nitrogen and oxygen atoms in total. The smallest absolute Gasteiger partial charge is 0.291 e. The Morgan fingerprint density at radius 3 is 2.76 bits per heavy atom. The molecule has 0 bridgehead atoms. The fourth-order valence-electron chi connectivity index (χ4n) is 1.92. The predicted octanol–water partition coefficient (Wildman–Crippen LogP) is 1.15. The second kappa shape index (κ2) is 6.02. The predicted molar refractivity (Wildman–Crippen MR) is 66.6 cm³/mol. The minimum Gasteiger partial charge on any atom is -0.436 e. The zero-order chi connectivity index (χ0) is 11.5. The van der Waals surface area contributed by atoms with Crippen LogP contribution in [0.15, 0.2) is 4.42 Å². The lowest BCUT2D eigenvalue weighted by Gasteiger charge is -2.18. The molecule has 17 heavy (non-hydrogen) atoms. The monoisotopic (exact) mass is 259 g/mol. The average molecular weight is 260 g/mol. The molecule has 0 unspecified atom stereocenters. The average Bonchev–Trinajstić information content (AvgIpc) is 2.49. The quantitative estimate of drug-likeness (QED) is 0.822. The standard InChI is InChI=1S/C11H17N3O2.ClH/c1-8-10(16-9(2)13-8)11(15)14-6-3-4-12-5-7-14;/h12H,3-7H2,1-2H3;1H. The Kier molecular flexibility index (Phi) is 4.96. The molecule has 2 heterocycles. The number of hydrogen-bond donors (Lipinski definition) is 1. The van der Waals surface area contributed by atoms with E-state index in [1.54, 1.807) is 13.8 Å². The molecular formula is C11H18ClN3O2. The summed E-state index contributed by atoms with van der Waals surface area (Å²) in [6.45, 7) is 6.90.